The Labute approximate surface area is 95.6 Å². The number of aldehydes is 2. The van der Waals surface area contributed by atoms with Gasteiger partial charge in [-0.25, -0.2) is 0 Å². The van der Waals surface area contributed by atoms with Crippen LogP contribution in [0.4, 0.5) is 0 Å². The summed E-state index contributed by atoms with van der Waals surface area (Å²) in [5.74, 6) is -0.151. The molecular formula is C11H9BrO3. The summed E-state index contributed by atoms with van der Waals surface area (Å²) in [6.07, 6.45) is 1.23. The second-order valence-electron chi connectivity index (χ2n) is 3.10. The number of hydrogen-bond donors (Lipinski definition) is 0. The first kappa shape index (κ1) is 11.8. The zero-order valence-corrected chi connectivity index (χ0v) is 9.65. The molecule has 1 atom stereocenters. The highest BCUT2D eigenvalue weighted by Crippen LogP contribution is 2.13. The third-order valence-electron chi connectivity index (χ3n) is 1.90. The summed E-state index contributed by atoms with van der Waals surface area (Å²) in [5, 5.41) is 0. The number of ketones is 1. The van der Waals surface area contributed by atoms with Gasteiger partial charge in [0.2, 0.25) is 0 Å². The second-order valence-corrected chi connectivity index (χ2v) is 4.48. The number of rotatable bonds is 4. The van der Waals surface area contributed by atoms with E-state index in [-0.39, 0.29) is 10.6 Å². The lowest BCUT2D eigenvalue weighted by atomic mass is 10.0. The molecular weight excluding hydrogens is 260 g/mol. The average molecular weight is 269 g/mol. The van der Waals surface area contributed by atoms with Gasteiger partial charge < -0.3 is 0 Å². The standard InChI is InChI=1S/C11H9BrO3/c1-7(12)11(15)10-3-8(5-13)2-9(4-10)6-14/h2-7H,1H3. The van der Waals surface area contributed by atoms with Gasteiger partial charge in [0.1, 0.15) is 12.6 Å². The fraction of sp³-hybridized carbons (Fsp3) is 0.182. The molecule has 0 saturated carbocycles. The average Bonchev–Trinajstić information content (AvgIpc) is 2.27. The lowest BCUT2D eigenvalue weighted by molar-refractivity contribution is 0.0996. The van der Waals surface area contributed by atoms with Crippen molar-refractivity contribution in [2.45, 2.75) is 11.8 Å². The minimum atomic E-state index is -0.334. The van der Waals surface area contributed by atoms with Crippen LogP contribution >= 0.6 is 15.9 Å². The van der Waals surface area contributed by atoms with Crippen LogP contribution in [0.5, 0.6) is 0 Å². The van der Waals surface area contributed by atoms with Crippen molar-refractivity contribution in [2.24, 2.45) is 0 Å². The molecule has 1 unspecified atom stereocenters. The first-order valence-electron chi connectivity index (χ1n) is 4.32. The Balaban J connectivity index is 3.23. The van der Waals surface area contributed by atoms with Gasteiger partial charge in [-0.1, -0.05) is 15.9 Å². The Morgan fingerprint density at radius 3 is 2.00 bits per heavy atom. The van der Waals surface area contributed by atoms with Crippen molar-refractivity contribution in [3.8, 4) is 0 Å². The Morgan fingerprint density at radius 1 is 1.20 bits per heavy atom. The van der Waals surface area contributed by atoms with E-state index >= 15 is 0 Å². The fourth-order valence-corrected chi connectivity index (χ4v) is 1.45. The molecule has 0 aliphatic carbocycles. The van der Waals surface area contributed by atoms with Gasteiger partial charge in [-0.3, -0.25) is 14.4 Å². The fourth-order valence-electron chi connectivity index (χ4n) is 1.18. The van der Waals surface area contributed by atoms with E-state index in [4.69, 9.17) is 0 Å². The zero-order chi connectivity index (χ0) is 11.4. The van der Waals surface area contributed by atoms with Crippen molar-refractivity contribution in [2.75, 3.05) is 0 Å². The van der Waals surface area contributed by atoms with Gasteiger partial charge in [0.05, 0.1) is 4.83 Å². The molecule has 0 aliphatic heterocycles. The second kappa shape index (κ2) is 4.98. The molecule has 78 valence electrons. The summed E-state index contributed by atoms with van der Waals surface area (Å²) >= 11 is 3.14. The predicted octanol–water partition coefficient (Wildman–Crippen LogP) is 2.28. The van der Waals surface area contributed by atoms with E-state index in [9.17, 15) is 14.4 Å². The maximum absolute atomic E-state index is 11.6. The van der Waals surface area contributed by atoms with Crippen LogP contribution < -0.4 is 0 Å². The monoisotopic (exact) mass is 268 g/mol. The van der Waals surface area contributed by atoms with Crippen LogP contribution in [0.25, 0.3) is 0 Å². The van der Waals surface area contributed by atoms with Gasteiger partial charge in [0.15, 0.2) is 5.78 Å². The largest absolute Gasteiger partial charge is 0.298 e. The molecule has 1 aromatic rings. The number of carbonyl (C=O) groups excluding carboxylic acids is 3. The third-order valence-corrected chi connectivity index (χ3v) is 2.31. The summed E-state index contributed by atoms with van der Waals surface area (Å²) in [6.45, 7) is 1.69. The molecule has 0 saturated heterocycles. The third kappa shape index (κ3) is 2.83. The molecule has 0 spiro atoms. The van der Waals surface area contributed by atoms with E-state index in [0.29, 0.717) is 29.3 Å². The van der Waals surface area contributed by atoms with Crippen LogP contribution in [0.1, 0.15) is 38.0 Å². The molecule has 0 amide bonds. The zero-order valence-electron chi connectivity index (χ0n) is 8.07. The summed E-state index contributed by atoms with van der Waals surface area (Å²) in [7, 11) is 0. The van der Waals surface area contributed by atoms with Crippen LogP contribution in [0.15, 0.2) is 18.2 Å². The van der Waals surface area contributed by atoms with Gasteiger partial charge in [0, 0.05) is 16.7 Å². The molecule has 0 N–H and O–H groups in total. The van der Waals surface area contributed by atoms with Crippen molar-refractivity contribution in [1.82, 2.24) is 0 Å². The van der Waals surface area contributed by atoms with Gasteiger partial charge in [-0.2, -0.15) is 0 Å². The molecule has 0 heterocycles. The number of Topliss-reactive ketones (excluding diaryl/α,β-unsaturated/α-hetero) is 1. The van der Waals surface area contributed by atoms with E-state index < -0.39 is 0 Å². The number of alkyl halides is 1. The molecule has 0 bridgehead atoms. The van der Waals surface area contributed by atoms with Crippen LogP contribution in [0.3, 0.4) is 0 Å². The van der Waals surface area contributed by atoms with Gasteiger partial charge in [-0.05, 0) is 25.1 Å². The highest BCUT2D eigenvalue weighted by molar-refractivity contribution is 9.10. The van der Waals surface area contributed by atoms with E-state index in [1.54, 1.807) is 6.92 Å². The first-order valence-corrected chi connectivity index (χ1v) is 5.23. The molecule has 4 heteroatoms. The van der Waals surface area contributed by atoms with Crippen LogP contribution in [0.2, 0.25) is 0 Å². The smallest absolute Gasteiger partial charge is 0.176 e. The highest BCUT2D eigenvalue weighted by Gasteiger charge is 2.13. The number of halogens is 1. The van der Waals surface area contributed by atoms with E-state index in [2.05, 4.69) is 15.9 Å². The van der Waals surface area contributed by atoms with Gasteiger partial charge >= 0.3 is 0 Å². The first-order chi connectivity index (χ1) is 7.08. The molecule has 0 aromatic heterocycles. The van der Waals surface area contributed by atoms with E-state index in [1.807, 2.05) is 0 Å². The molecule has 0 fully saturated rings. The Kier molecular flexibility index (Phi) is 3.91. The highest BCUT2D eigenvalue weighted by atomic mass is 79.9. The lowest BCUT2D eigenvalue weighted by Crippen LogP contribution is -2.10. The van der Waals surface area contributed by atoms with Crippen molar-refractivity contribution < 1.29 is 14.4 Å². The Morgan fingerprint density at radius 2 is 1.67 bits per heavy atom. The van der Waals surface area contributed by atoms with Crippen LogP contribution in [0, 0.1) is 0 Å². The summed E-state index contributed by atoms with van der Waals surface area (Å²) < 4.78 is 0. The predicted molar refractivity (Wildman–Crippen MR) is 59.9 cm³/mol. The van der Waals surface area contributed by atoms with Crippen molar-refractivity contribution in [3.63, 3.8) is 0 Å². The van der Waals surface area contributed by atoms with E-state index in [0.717, 1.165) is 0 Å². The maximum Gasteiger partial charge on any atom is 0.176 e. The Hall–Kier alpha value is -1.29. The Bertz CT molecular complexity index is 384. The molecule has 0 radical (unpaired) electrons. The molecule has 1 aromatic carbocycles. The van der Waals surface area contributed by atoms with Crippen molar-refractivity contribution >= 4 is 34.3 Å². The van der Waals surface area contributed by atoms with Gasteiger partial charge in [0.25, 0.3) is 0 Å². The summed E-state index contributed by atoms with van der Waals surface area (Å²) in [5.41, 5.74) is 1.03. The van der Waals surface area contributed by atoms with Gasteiger partial charge in [-0.15, -0.1) is 0 Å². The number of benzene rings is 1. The van der Waals surface area contributed by atoms with Crippen molar-refractivity contribution in [3.05, 3.63) is 34.9 Å². The van der Waals surface area contributed by atoms with Crippen molar-refractivity contribution in [1.29, 1.82) is 0 Å². The minimum Gasteiger partial charge on any atom is -0.298 e. The SMILES string of the molecule is CC(Br)C(=O)c1cc(C=O)cc(C=O)c1. The lowest BCUT2D eigenvalue weighted by Gasteiger charge is -2.04. The maximum atomic E-state index is 11.6. The van der Waals surface area contributed by atoms with E-state index in [1.165, 1.54) is 18.2 Å². The number of carbonyl (C=O) groups is 3. The molecule has 3 nitrogen and oxygen atoms in total. The summed E-state index contributed by atoms with van der Waals surface area (Å²) in [6, 6.07) is 4.38. The molecule has 15 heavy (non-hydrogen) atoms. The summed E-state index contributed by atoms with van der Waals surface area (Å²) in [4.78, 5) is 32.4. The molecule has 0 aliphatic rings. The molecule has 1 rings (SSSR count). The topological polar surface area (TPSA) is 51.2 Å². The number of hydrogen-bond acceptors (Lipinski definition) is 3. The minimum absolute atomic E-state index is 0.151. The van der Waals surface area contributed by atoms with Crippen LogP contribution in [-0.4, -0.2) is 23.2 Å². The van der Waals surface area contributed by atoms with Crippen LogP contribution in [-0.2, 0) is 0 Å². The normalized spacial score (nSPS) is 11.9. The quantitative estimate of drug-likeness (QED) is 0.478.